The van der Waals surface area contributed by atoms with Gasteiger partial charge >= 0.3 is 12.1 Å². The molecule has 2 atom stereocenters. The zero-order valence-electron chi connectivity index (χ0n) is 22.6. The maximum absolute atomic E-state index is 14.6. The Bertz CT molecular complexity index is 1440. The Morgan fingerprint density at radius 3 is 2.44 bits per heavy atom. The molecule has 1 unspecified atom stereocenters. The van der Waals surface area contributed by atoms with Crippen LogP contribution in [-0.2, 0) is 4.79 Å². The fraction of sp³-hybridized carbons (Fsp3) is 0.414. The number of nitrogens with two attached hydrogens (primary N) is 1. The lowest BCUT2D eigenvalue weighted by molar-refractivity contribution is -0.198. The molecule has 0 aliphatic carbocycles. The number of benzene rings is 2. The molecule has 3 aromatic rings. The SMILES string of the molecule is Cc1cc(C)cc(-c2cc(Cl)ccc2[C@@H](Oc2cc(N3CCC4(CC3)CNC(C(=O)O)C4)nc(N)n2)C(F)(F)F)c1. The van der Waals surface area contributed by atoms with Crippen molar-refractivity contribution in [2.45, 2.75) is 51.4 Å². The number of aliphatic carboxylic acids is 1. The molecule has 1 spiro atoms. The van der Waals surface area contributed by atoms with Gasteiger partial charge in [-0.05, 0) is 61.8 Å². The average Bonchev–Trinajstić information content (AvgIpc) is 3.30. The van der Waals surface area contributed by atoms with Gasteiger partial charge < -0.3 is 25.8 Å². The topological polar surface area (TPSA) is 114 Å². The number of hydrogen-bond acceptors (Lipinski definition) is 7. The molecule has 2 saturated heterocycles. The number of carboxylic acids is 1. The summed E-state index contributed by atoms with van der Waals surface area (Å²) in [6.45, 7) is 5.44. The summed E-state index contributed by atoms with van der Waals surface area (Å²) < 4.78 is 49.3. The van der Waals surface area contributed by atoms with Crippen molar-refractivity contribution >= 4 is 29.3 Å². The van der Waals surface area contributed by atoms with Gasteiger partial charge in [-0.3, -0.25) is 4.79 Å². The first kappa shape index (κ1) is 28.9. The average molecular weight is 590 g/mol. The highest BCUT2D eigenvalue weighted by Gasteiger charge is 2.46. The van der Waals surface area contributed by atoms with Crippen LogP contribution in [0.5, 0.6) is 5.88 Å². The molecule has 218 valence electrons. The minimum absolute atomic E-state index is 0.104. The van der Waals surface area contributed by atoms with Crippen LogP contribution in [0.25, 0.3) is 11.1 Å². The van der Waals surface area contributed by atoms with Crippen LogP contribution in [0.4, 0.5) is 24.9 Å². The van der Waals surface area contributed by atoms with Crippen molar-refractivity contribution in [3.8, 4) is 17.0 Å². The highest BCUT2D eigenvalue weighted by atomic mass is 35.5. The molecule has 1 aromatic heterocycles. The molecule has 2 aliphatic rings. The number of alkyl halides is 3. The van der Waals surface area contributed by atoms with E-state index in [2.05, 4.69) is 15.3 Å². The van der Waals surface area contributed by atoms with Gasteiger partial charge in [0.1, 0.15) is 11.9 Å². The lowest BCUT2D eigenvalue weighted by Gasteiger charge is -2.39. The smallest absolute Gasteiger partial charge is 0.429 e. The molecule has 0 bridgehead atoms. The van der Waals surface area contributed by atoms with Crippen LogP contribution in [0, 0.1) is 19.3 Å². The normalized spacial score (nSPS) is 19.4. The molecule has 0 radical (unpaired) electrons. The number of ether oxygens (including phenoxy) is 1. The van der Waals surface area contributed by atoms with E-state index in [9.17, 15) is 23.1 Å². The largest absolute Gasteiger partial charge is 0.480 e. The number of rotatable bonds is 6. The Balaban J connectivity index is 1.43. The molecule has 4 N–H and O–H groups in total. The molecular formula is C29H31ClF3N5O3. The minimum Gasteiger partial charge on any atom is -0.480 e. The number of nitrogens with one attached hydrogen (secondary N) is 1. The molecule has 0 amide bonds. The fourth-order valence-corrected chi connectivity index (χ4v) is 6.07. The summed E-state index contributed by atoms with van der Waals surface area (Å²) in [5, 5.41) is 12.7. The van der Waals surface area contributed by atoms with Crippen LogP contribution in [0.2, 0.25) is 5.02 Å². The summed E-state index contributed by atoms with van der Waals surface area (Å²) in [5.41, 5.74) is 8.38. The van der Waals surface area contributed by atoms with Gasteiger partial charge in [0.2, 0.25) is 17.9 Å². The summed E-state index contributed by atoms with van der Waals surface area (Å²) >= 11 is 6.22. The van der Waals surface area contributed by atoms with Crippen LogP contribution in [0.15, 0.2) is 42.5 Å². The number of nitrogen functional groups attached to an aromatic ring is 1. The van der Waals surface area contributed by atoms with E-state index < -0.39 is 24.3 Å². The Morgan fingerprint density at radius 1 is 1.15 bits per heavy atom. The summed E-state index contributed by atoms with van der Waals surface area (Å²) in [5.74, 6) is -1.02. The van der Waals surface area contributed by atoms with Crippen molar-refractivity contribution in [1.29, 1.82) is 0 Å². The van der Waals surface area contributed by atoms with Crippen LogP contribution >= 0.6 is 11.6 Å². The van der Waals surface area contributed by atoms with Crippen molar-refractivity contribution in [3.63, 3.8) is 0 Å². The van der Waals surface area contributed by atoms with Crippen molar-refractivity contribution in [1.82, 2.24) is 15.3 Å². The standard InChI is InChI=1S/C29H31ClF3N5O3/c1-16-9-17(2)11-18(10-16)21-12-19(30)3-4-20(21)25(29(31,32)33)41-24-13-23(36-27(34)37-24)38-7-5-28(6-8-38)14-22(26(39)40)35-15-28/h3-4,9-13,22,25,35H,5-8,14-15H2,1-2H3,(H,39,40)(H2,34,36,37)/t22?,25-/m1/s1. The highest BCUT2D eigenvalue weighted by Crippen LogP contribution is 2.43. The zero-order chi connectivity index (χ0) is 29.5. The maximum atomic E-state index is 14.6. The van der Waals surface area contributed by atoms with Crippen LogP contribution in [-0.4, -0.2) is 52.9 Å². The van der Waals surface area contributed by atoms with Gasteiger partial charge in [-0.1, -0.05) is 47.0 Å². The van der Waals surface area contributed by atoms with Gasteiger partial charge in [0, 0.05) is 36.3 Å². The Hall–Kier alpha value is -3.57. The number of piperidine rings is 1. The van der Waals surface area contributed by atoms with E-state index in [1.807, 2.05) is 24.8 Å². The molecule has 2 fully saturated rings. The van der Waals surface area contributed by atoms with E-state index >= 15 is 0 Å². The second-order valence-electron chi connectivity index (χ2n) is 11.0. The van der Waals surface area contributed by atoms with E-state index in [1.165, 1.54) is 24.3 Å². The Kier molecular flexibility index (Phi) is 7.78. The van der Waals surface area contributed by atoms with E-state index in [1.54, 1.807) is 12.1 Å². The van der Waals surface area contributed by atoms with Crippen molar-refractivity contribution in [3.05, 3.63) is 64.2 Å². The summed E-state index contributed by atoms with van der Waals surface area (Å²) in [7, 11) is 0. The van der Waals surface area contributed by atoms with Crippen molar-refractivity contribution in [2.24, 2.45) is 5.41 Å². The quantitative estimate of drug-likeness (QED) is 0.335. The van der Waals surface area contributed by atoms with Crippen molar-refractivity contribution in [2.75, 3.05) is 30.3 Å². The van der Waals surface area contributed by atoms with Crippen LogP contribution in [0.1, 0.15) is 42.1 Å². The molecule has 2 aliphatic heterocycles. The number of aromatic nitrogens is 2. The predicted molar refractivity (Wildman–Crippen MR) is 150 cm³/mol. The number of anilines is 2. The lowest BCUT2D eigenvalue weighted by atomic mass is 9.76. The number of nitrogens with zero attached hydrogens (tertiary/aromatic N) is 3. The molecule has 8 nitrogen and oxygen atoms in total. The summed E-state index contributed by atoms with van der Waals surface area (Å²) in [6.07, 6.45) is -5.18. The second-order valence-corrected chi connectivity index (χ2v) is 11.5. The van der Waals surface area contributed by atoms with E-state index in [4.69, 9.17) is 22.1 Å². The number of halogens is 4. The Labute approximate surface area is 240 Å². The molecule has 0 saturated carbocycles. The summed E-state index contributed by atoms with van der Waals surface area (Å²) in [6, 6.07) is 10.6. The van der Waals surface area contributed by atoms with Crippen LogP contribution < -0.4 is 20.7 Å². The third-order valence-electron chi connectivity index (χ3n) is 7.88. The number of carbonyl (C=O) groups is 1. The highest BCUT2D eigenvalue weighted by molar-refractivity contribution is 6.30. The van der Waals surface area contributed by atoms with Crippen LogP contribution in [0.3, 0.4) is 0 Å². The monoisotopic (exact) mass is 589 g/mol. The minimum atomic E-state index is -4.78. The molecule has 2 aromatic carbocycles. The van der Waals surface area contributed by atoms with Crippen molar-refractivity contribution < 1.29 is 27.8 Å². The number of carboxylic acid groups (broad SMARTS) is 1. The number of hydrogen-bond donors (Lipinski definition) is 3. The summed E-state index contributed by atoms with van der Waals surface area (Å²) in [4.78, 5) is 21.5. The molecular weight excluding hydrogens is 559 g/mol. The first-order valence-corrected chi connectivity index (χ1v) is 13.7. The molecule has 12 heteroatoms. The second kappa shape index (κ2) is 11.0. The van der Waals surface area contributed by atoms with E-state index in [0.717, 1.165) is 11.1 Å². The first-order valence-electron chi connectivity index (χ1n) is 13.3. The maximum Gasteiger partial charge on any atom is 0.429 e. The molecule has 5 rings (SSSR count). The van der Waals surface area contributed by atoms with Gasteiger partial charge in [-0.25, -0.2) is 0 Å². The van der Waals surface area contributed by atoms with Gasteiger partial charge in [0.05, 0.1) is 0 Å². The third kappa shape index (κ3) is 6.36. The predicted octanol–water partition coefficient (Wildman–Crippen LogP) is 5.71. The van der Waals surface area contributed by atoms with E-state index in [-0.39, 0.29) is 22.8 Å². The number of aryl methyl sites for hydroxylation is 2. The Morgan fingerprint density at radius 2 is 1.83 bits per heavy atom. The first-order chi connectivity index (χ1) is 19.3. The fourth-order valence-electron chi connectivity index (χ4n) is 5.90. The van der Waals surface area contributed by atoms with Gasteiger partial charge in [0.25, 0.3) is 0 Å². The van der Waals surface area contributed by atoms with Gasteiger partial charge in [-0.2, -0.15) is 23.1 Å². The van der Waals surface area contributed by atoms with E-state index in [0.29, 0.717) is 60.9 Å². The van der Waals surface area contributed by atoms with Gasteiger partial charge in [-0.15, -0.1) is 0 Å². The third-order valence-corrected chi connectivity index (χ3v) is 8.11. The zero-order valence-corrected chi connectivity index (χ0v) is 23.4. The van der Waals surface area contributed by atoms with Gasteiger partial charge in [0.15, 0.2) is 0 Å². The lowest BCUT2D eigenvalue weighted by Crippen LogP contribution is -2.41. The molecule has 41 heavy (non-hydrogen) atoms. The molecule has 3 heterocycles.